The summed E-state index contributed by atoms with van der Waals surface area (Å²) in [5, 5.41) is 8.59. The molecule has 0 atom stereocenters. The molecule has 0 saturated carbocycles. The summed E-state index contributed by atoms with van der Waals surface area (Å²) >= 11 is 0. The van der Waals surface area contributed by atoms with Crippen molar-refractivity contribution in [3.8, 4) is 5.75 Å². The third-order valence-corrected chi connectivity index (χ3v) is 3.89. The van der Waals surface area contributed by atoms with Gasteiger partial charge in [0.1, 0.15) is 5.75 Å². The number of hydrogen-bond acceptors (Lipinski definition) is 3. The van der Waals surface area contributed by atoms with Gasteiger partial charge < -0.3 is 4.74 Å². The zero-order valence-corrected chi connectivity index (χ0v) is 14.9. The topological polar surface area (TPSA) is 34.0 Å². The van der Waals surface area contributed by atoms with Crippen molar-refractivity contribution >= 4 is 11.4 Å². The Morgan fingerprint density at radius 3 is 1.88 bits per heavy atom. The first kappa shape index (κ1) is 18.2. The lowest BCUT2D eigenvalue weighted by Gasteiger charge is -2.05. The summed E-state index contributed by atoms with van der Waals surface area (Å²) in [5.74, 6) is 0.894. The summed E-state index contributed by atoms with van der Waals surface area (Å²) in [6, 6.07) is 16.1. The molecule has 0 fully saturated rings. The summed E-state index contributed by atoms with van der Waals surface area (Å²) < 4.78 is 5.70. The molecule has 2 rings (SSSR count). The van der Waals surface area contributed by atoms with Crippen LogP contribution in [0.5, 0.6) is 5.75 Å². The number of ether oxygens (including phenoxy) is 1. The van der Waals surface area contributed by atoms with E-state index in [0.717, 1.165) is 36.6 Å². The van der Waals surface area contributed by atoms with E-state index >= 15 is 0 Å². The highest BCUT2D eigenvalue weighted by molar-refractivity contribution is 5.43. The van der Waals surface area contributed by atoms with Crippen LogP contribution in [0.3, 0.4) is 0 Å². The molecule has 0 aliphatic rings. The molecule has 128 valence electrons. The average molecular weight is 324 g/mol. The Hall–Kier alpha value is -2.16. The van der Waals surface area contributed by atoms with E-state index in [1.54, 1.807) is 0 Å². The summed E-state index contributed by atoms with van der Waals surface area (Å²) in [6.07, 6.45) is 7.11. The van der Waals surface area contributed by atoms with Crippen LogP contribution in [0, 0.1) is 0 Å². The van der Waals surface area contributed by atoms with E-state index in [4.69, 9.17) is 4.74 Å². The molecule has 2 aromatic rings. The molecular formula is C21H28N2O. The zero-order chi connectivity index (χ0) is 17.0. The van der Waals surface area contributed by atoms with Crippen LogP contribution in [0.4, 0.5) is 11.4 Å². The van der Waals surface area contributed by atoms with E-state index in [1.807, 2.05) is 36.4 Å². The van der Waals surface area contributed by atoms with Gasteiger partial charge in [-0.15, -0.1) is 0 Å². The molecule has 3 nitrogen and oxygen atoms in total. The lowest BCUT2D eigenvalue weighted by Crippen LogP contribution is -1.96. The summed E-state index contributed by atoms with van der Waals surface area (Å²) in [4.78, 5) is 0. The minimum absolute atomic E-state index is 0.777. The Balaban J connectivity index is 1.85. The largest absolute Gasteiger partial charge is 0.494 e. The van der Waals surface area contributed by atoms with Crippen LogP contribution >= 0.6 is 0 Å². The zero-order valence-electron chi connectivity index (χ0n) is 14.9. The molecule has 0 radical (unpaired) electrons. The van der Waals surface area contributed by atoms with Crippen molar-refractivity contribution in [2.45, 2.75) is 52.4 Å². The smallest absolute Gasteiger partial charge is 0.119 e. The fourth-order valence-corrected chi connectivity index (χ4v) is 2.38. The predicted octanol–water partition coefficient (Wildman–Crippen LogP) is 7.01. The lowest BCUT2D eigenvalue weighted by molar-refractivity contribution is 0.306. The van der Waals surface area contributed by atoms with Crippen molar-refractivity contribution in [1.29, 1.82) is 0 Å². The molecule has 0 bridgehead atoms. The molecular weight excluding hydrogens is 296 g/mol. The normalized spacial score (nSPS) is 11.1. The Morgan fingerprint density at radius 2 is 1.29 bits per heavy atom. The van der Waals surface area contributed by atoms with Crippen molar-refractivity contribution in [3.63, 3.8) is 0 Å². The van der Waals surface area contributed by atoms with E-state index < -0.39 is 0 Å². The van der Waals surface area contributed by atoms with Crippen LogP contribution in [0.1, 0.15) is 51.5 Å². The maximum absolute atomic E-state index is 5.70. The molecule has 0 unspecified atom stereocenters. The first-order valence-corrected chi connectivity index (χ1v) is 9.05. The molecule has 0 heterocycles. The van der Waals surface area contributed by atoms with Gasteiger partial charge in [0.2, 0.25) is 0 Å². The van der Waals surface area contributed by atoms with Crippen LogP contribution in [-0.2, 0) is 6.42 Å². The van der Waals surface area contributed by atoms with Gasteiger partial charge >= 0.3 is 0 Å². The van der Waals surface area contributed by atoms with E-state index in [9.17, 15) is 0 Å². The van der Waals surface area contributed by atoms with Gasteiger partial charge in [-0.2, -0.15) is 10.2 Å². The minimum Gasteiger partial charge on any atom is -0.494 e. The second-order valence-electron chi connectivity index (χ2n) is 6.02. The van der Waals surface area contributed by atoms with E-state index in [1.165, 1.54) is 31.2 Å². The molecule has 0 saturated heterocycles. The maximum Gasteiger partial charge on any atom is 0.119 e. The van der Waals surface area contributed by atoms with Gasteiger partial charge in [-0.25, -0.2) is 0 Å². The van der Waals surface area contributed by atoms with Crippen LogP contribution in [0.2, 0.25) is 0 Å². The fourth-order valence-electron chi connectivity index (χ4n) is 2.38. The van der Waals surface area contributed by atoms with Gasteiger partial charge in [0.25, 0.3) is 0 Å². The van der Waals surface area contributed by atoms with Crippen LogP contribution in [0.15, 0.2) is 58.8 Å². The third kappa shape index (κ3) is 6.53. The van der Waals surface area contributed by atoms with Gasteiger partial charge in [0.05, 0.1) is 18.0 Å². The number of nitrogens with zero attached hydrogens (tertiary/aromatic N) is 2. The molecule has 0 aromatic heterocycles. The predicted molar refractivity (Wildman–Crippen MR) is 101 cm³/mol. The van der Waals surface area contributed by atoms with Crippen molar-refractivity contribution in [2.75, 3.05) is 6.61 Å². The van der Waals surface area contributed by atoms with Gasteiger partial charge in [0, 0.05) is 0 Å². The summed E-state index contributed by atoms with van der Waals surface area (Å²) in [5.41, 5.74) is 3.08. The van der Waals surface area contributed by atoms with Gasteiger partial charge in [-0.3, -0.25) is 0 Å². The number of aryl methyl sites for hydroxylation is 1. The van der Waals surface area contributed by atoms with Crippen molar-refractivity contribution in [1.82, 2.24) is 0 Å². The number of hydrogen-bond donors (Lipinski definition) is 0. The first-order valence-electron chi connectivity index (χ1n) is 9.05. The van der Waals surface area contributed by atoms with Crippen LogP contribution in [0.25, 0.3) is 0 Å². The van der Waals surface area contributed by atoms with Crippen LogP contribution in [-0.4, -0.2) is 6.61 Å². The van der Waals surface area contributed by atoms with Crippen LogP contribution < -0.4 is 4.74 Å². The standard InChI is InChI=1S/C21H28N2O/c1-3-5-7-17-24-21-15-13-20(14-16-21)23-22-19-11-9-18(10-12-19)8-6-4-2/h9-16H,3-8,17H2,1-2H3/b23-22+. The lowest BCUT2D eigenvalue weighted by atomic mass is 10.1. The van der Waals surface area contributed by atoms with Gasteiger partial charge in [-0.1, -0.05) is 45.2 Å². The number of azo groups is 1. The quantitative estimate of drug-likeness (QED) is 0.342. The molecule has 0 amide bonds. The SMILES string of the molecule is CCCCCOc1ccc(/N=N/c2ccc(CCCC)cc2)cc1. The molecule has 3 heteroatoms. The highest BCUT2D eigenvalue weighted by Crippen LogP contribution is 2.22. The second kappa shape index (κ2) is 10.6. The number of benzene rings is 2. The molecule has 0 N–H and O–H groups in total. The Bertz CT molecular complexity index is 603. The van der Waals surface area contributed by atoms with Crippen molar-refractivity contribution < 1.29 is 4.74 Å². The summed E-state index contributed by atoms with van der Waals surface area (Å²) in [6.45, 7) is 5.18. The highest BCUT2D eigenvalue weighted by atomic mass is 16.5. The maximum atomic E-state index is 5.70. The van der Waals surface area contributed by atoms with Gasteiger partial charge in [-0.05, 0) is 61.2 Å². The third-order valence-electron chi connectivity index (χ3n) is 3.89. The Kier molecular flexibility index (Phi) is 8.02. The van der Waals surface area contributed by atoms with Crippen molar-refractivity contribution in [2.24, 2.45) is 10.2 Å². The Morgan fingerprint density at radius 1 is 0.708 bits per heavy atom. The molecule has 24 heavy (non-hydrogen) atoms. The van der Waals surface area contributed by atoms with E-state index in [2.05, 4.69) is 36.2 Å². The highest BCUT2D eigenvalue weighted by Gasteiger charge is 1.96. The number of rotatable bonds is 10. The average Bonchev–Trinajstić information content (AvgIpc) is 2.64. The Labute approximate surface area is 145 Å². The summed E-state index contributed by atoms with van der Waals surface area (Å²) in [7, 11) is 0. The molecule has 0 spiro atoms. The minimum atomic E-state index is 0.777. The van der Waals surface area contributed by atoms with Gasteiger partial charge in [0.15, 0.2) is 0 Å². The fraction of sp³-hybridized carbons (Fsp3) is 0.429. The second-order valence-corrected chi connectivity index (χ2v) is 6.02. The molecule has 0 aliphatic heterocycles. The number of unbranched alkanes of at least 4 members (excludes halogenated alkanes) is 3. The molecule has 2 aromatic carbocycles. The monoisotopic (exact) mass is 324 g/mol. The van der Waals surface area contributed by atoms with E-state index in [-0.39, 0.29) is 0 Å². The molecule has 0 aliphatic carbocycles. The van der Waals surface area contributed by atoms with E-state index in [0.29, 0.717) is 0 Å². The first-order chi connectivity index (χ1) is 11.8. The van der Waals surface area contributed by atoms with Crippen molar-refractivity contribution in [3.05, 3.63) is 54.1 Å².